The third-order valence-corrected chi connectivity index (χ3v) is 2.92. The summed E-state index contributed by atoms with van der Waals surface area (Å²) in [6.07, 6.45) is -1.63. The van der Waals surface area contributed by atoms with Crippen molar-refractivity contribution >= 4 is 12.1 Å². The average molecular weight is 293 g/mol. The summed E-state index contributed by atoms with van der Waals surface area (Å²) >= 11 is 0. The van der Waals surface area contributed by atoms with Crippen LogP contribution in [0.5, 0.6) is 5.75 Å². The molecule has 1 amide bonds. The summed E-state index contributed by atoms with van der Waals surface area (Å²) in [4.78, 5) is 23.6. The van der Waals surface area contributed by atoms with Crippen molar-refractivity contribution in [2.75, 3.05) is 7.11 Å². The lowest BCUT2D eigenvalue weighted by molar-refractivity contribution is -0.164. The number of esters is 1. The van der Waals surface area contributed by atoms with Gasteiger partial charge in [0.15, 0.2) is 0 Å². The molecular formula is C15H19NO5. The summed E-state index contributed by atoms with van der Waals surface area (Å²) in [5.74, 6) is 0.125. The molecule has 6 nitrogen and oxygen atoms in total. The van der Waals surface area contributed by atoms with Crippen LogP contribution in [-0.4, -0.2) is 30.9 Å². The molecule has 1 heterocycles. The van der Waals surface area contributed by atoms with Gasteiger partial charge in [-0.15, -0.1) is 0 Å². The molecule has 0 unspecified atom stereocenters. The van der Waals surface area contributed by atoms with Gasteiger partial charge in [-0.3, -0.25) is 0 Å². The molecule has 2 atom stereocenters. The van der Waals surface area contributed by atoms with E-state index in [-0.39, 0.29) is 0 Å². The van der Waals surface area contributed by atoms with Crippen LogP contribution in [0.2, 0.25) is 0 Å². The van der Waals surface area contributed by atoms with Crippen molar-refractivity contribution in [3.63, 3.8) is 0 Å². The molecule has 1 aromatic carbocycles. The summed E-state index contributed by atoms with van der Waals surface area (Å²) < 4.78 is 15.4. The van der Waals surface area contributed by atoms with E-state index in [1.807, 2.05) is 0 Å². The van der Waals surface area contributed by atoms with Crippen LogP contribution in [0, 0.1) is 0 Å². The Bertz CT molecular complexity index is 532. The maximum absolute atomic E-state index is 12.1. The predicted octanol–water partition coefficient (Wildman–Crippen LogP) is 2.19. The summed E-state index contributed by atoms with van der Waals surface area (Å²) in [5, 5.41) is 2.62. The highest BCUT2D eigenvalue weighted by Crippen LogP contribution is 2.28. The van der Waals surface area contributed by atoms with E-state index in [0.717, 1.165) is 5.56 Å². The second kappa shape index (κ2) is 5.63. The van der Waals surface area contributed by atoms with Crippen LogP contribution in [0.1, 0.15) is 32.4 Å². The molecular weight excluding hydrogens is 274 g/mol. The summed E-state index contributed by atoms with van der Waals surface area (Å²) in [6, 6.07) is 6.49. The number of amides is 1. The molecule has 0 saturated carbocycles. The summed E-state index contributed by atoms with van der Waals surface area (Å²) in [6.45, 7) is 5.28. The number of methoxy groups -OCH3 is 1. The van der Waals surface area contributed by atoms with Crippen molar-refractivity contribution in [2.24, 2.45) is 0 Å². The first kappa shape index (κ1) is 15.2. The molecule has 0 bridgehead atoms. The molecule has 0 aromatic heterocycles. The van der Waals surface area contributed by atoms with Gasteiger partial charge in [0, 0.05) is 0 Å². The monoisotopic (exact) mass is 293 g/mol. The first-order valence-corrected chi connectivity index (χ1v) is 6.64. The lowest BCUT2D eigenvalue weighted by Gasteiger charge is -2.23. The zero-order valence-electron chi connectivity index (χ0n) is 12.5. The SMILES string of the molecule is COc1ccc([C@H]2NC(=O)O[C@@H]2C(=O)OC(C)(C)C)cc1. The standard InChI is InChI=1S/C15H19NO5/c1-15(2,3)21-13(17)12-11(16-14(18)20-12)9-5-7-10(19-4)8-6-9/h5-8,11-12H,1-4H3,(H,16,18)/t11-,12+/m1/s1. The lowest BCUT2D eigenvalue weighted by atomic mass is 10.0. The van der Waals surface area contributed by atoms with Gasteiger partial charge < -0.3 is 19.5 Å². The van der Waals surface area contributed by atoms with Gasteiger partial charge in [0.1, 0.15) is 17.4 Å². The Kier molecular flexibility index (Phi) is 4.06. The van der Waals surface area contributed by atoms with Gasteiger partial charge in [-0.05, 0) is 38.5 Å². The van der Waals surface area contributed by atoms with E-state index in [9.17, 15) is 9.59 Å². The Morgan fingerprint density at radius 2 is 1.86 bits per heavy atom. The number of hydrogen-bond acceptors (Lipinski definition) is 5. The van der Waals surface area contributed by atoms with Crippen LogP contribution in [0.15, 0.2) is 24.3 Å². The molecule has 21 heavy (non-hydrogen) atoms. The number of hydrogen-bond donors (Lipinski definition) is 1. The molecule has 0 radical (unpaired) electrons. The molecule has 1 saturated heterocycles. The molecule has 1 fully saturated rings. The highest BCUT2D eigenvalue weighted by molar-refractivity contribution is 5.84. The van der Waals surface area contributed by atoms with E-state index < -0.39 is 29.8 Å². The molecule has 1 N–H and O–H groups in total. The Morgan fingerprint density at radius 1 is 1.24 bits per heavy atom. The van der Waals surface area contributed by atoms with Crippen molar-refractivity contribution in [2.45, 2.75) is 38.5 Å². The Hall–Kier alpha value is -2.24. The number of carbonyl (C=O) groups is 2. The van der Waals surface area contributed by atoms with Gasteiger partial charge in [-0.1, -0.05) is 12.1 Å². The number of carbonyl (C=O) groups excluding carboxylic acids is 2. The van der Waals surface area contributed by atoms with Crippen molar-refractivity contribution < 1.29 is 23.8 Å². The lowest BCUT2D eigenvalue weighted by Crippen LogP contribution is -2.35. The van der Waals surface area contributed by atoms with Crippen molar-refractivity contribution in [3.8, 4) is 5.75 Å². The second-order valence-electron chi connectivity index (χ2n) is 5.75. The number of alkyl carbamates (subject to hydrolysis) is 1. The third kappa shape index (κ3) is 3.65. The van der Waals surface area contributed by atoms with Crippen molar-refractivity contribution in [1.82, 2.24) is 5.32 Å². The number of rotatable bonds is 3. The molecule has 0 aliphatic carbocycles. The molecule has 1 aliphatic heterocycles. The van der Waals surface area contributed by atoms with Crippen LogP contribution in [-0.2, 0) is 14.3 Å². The Labute approximate surface area is 123 Å². The number of cyclic esters (lactones) is 1. The summed E-state index contributed by atoms with van der Waals surface area (Å²) in [7, 11) is 1.57. The Morgan fingerprint density at radius 3 is 2.38 bits per heavy atom. The zero-order chi connectivity index (χ0) is 15.6. The fourth-order valence-corrected chi connectivity index (χ4v) is 2.03. The average Bonchev–Trinajstić information content (AvgIpc) is 2.79. The molecule has 0 spiro atoms. The highest BCUT2D eigenvalue weighted by atomic mass is 16.6. The Balaban J connectivity index is 2.19. The van der Waals surface area contributed by atoms with Gasteiger partial charge in [-0.2, -0.15) is 0 Å². The minimum absolute atomic E-state index is 0.568. The van der Waals surface area contributed by atoms with Crippen LogP contribution in [0.25, 0.3) is 0 Å². The number of nitrogens with one attached hydrogen (secondary N) is 1. The quantitative estimate of drug-likeness (QED) is 0.865. The van der Waals surface area contributed by atoms with Gasteiger partial charge in [0.25, 0.3) is 0 Å². The van der Waals surface area contributed by atoms with E-state index >= 15 is 0 Å². The molecule has 1 aromatic rings. The smallest absolute Gasteiger partial charge is 0.408 e. The van der Waals surface area contributed by atoms with Gasteiger partial charge in [0.2, 0.25) is 6.10 Å². The normalized spacial score (nSPS) is 21.4. The van der Waals surface area contributed by atoms with Crippen LogP contribution >= 0.6 is 0 Å². The van der Waals surface area contributed by atoms with Gasteiger partial charge >= 0.3 is 12.1 Å². The zero-order valence-corrected chi connectivity index (χ0v) is 12.5. The maximum atomic E-state index is 12.1. The fraction of sp³-hybridized carbons (Fsp3) is 0.467. The van der Waals surface area contributed by atoms with Crippen LogP contribution < -0.4 is 10.1 Å². The molecule has 6 heteroatoms. The topological polar surface area (TPSA) is 73.9 Å². The van der Waals surface area contributed by atoms with Gasteiger partial charge in [-0.25, -0.2) is 9.59 Å². The van der Waals surface area contributed by atoms with Crippen molar-refractivity contribution in [3.05, 3.63) is 29.8 Å². The first-order chi connectivity index (χ1) is 9.80. The van der Waals surface area contributed by atoms with E-state index in [0.29, 0.717) is 5.75 Å². The maximum Gasteiger partial charge on any atom is 0.408 e. The number of ether oxygens (including phenoxy) is 3. The second-order valence-corrected chi connectivity index (χ2v) is 5.75. The highest BCUT2D eigenvalue weighted by Gasteiger charge is 2.42. The van der Waals surface area contributed by atoms with E-state index in [1.165, 1.54) is 0 Å². The molecule has 1 aliphatic rings. The van der Waals surface area contributed by atoms with E-state index in [4.69, 9.17) is 14.2 Å². The predicted molar refractivity (Wildman–Crippen MR) is 75.0 cm³/mol. The number of benzene rings is 1. The third-order valence-electron chi connectivity index (χ3n) is 2.92. The van der Waals surface area contributed by atoms with Crippen LogP contribution in [0.4, 0.5) is 4.79 Å². The summed E-state index contributed by atoms with van der Waals surface area (Å²) in [5.41, 5.74) is 0.105. The van der Waals surface area contributed by atoms with E-state index in [1.54, 1.807) is 52.1 Å². The van der Waals surface area contributed by atoms with E-state index in [2.05, 4.69) is 5.32 Å². The first-order valence-electron chi connectivity index (χ1n) is 6.64. The molecule has 114 valence electrons. The largest absolute Gasteiger partial charge is 0.497 e. The van der Waals surface area contributed by atoms with Crippen molar-refractivity contribution in [1.29, 1.82) is 0 Å². The van der Waals surface area contributed by atoms with Crippen LogP contribution in [0.3, 0.4) is 0 Å². The van der Waals surface area contributed by atoms with Gasteiger partial charge in [0.05, 0.1) is 7.11 Å². The molecule has 2 rings (SSSR count). The minimum atomic E-state index is -0.995. The minimum Gasteiger partial charge on any atom is -0.497 e. The fourth-order valence-electron chi connectivity index (χ4n) is 2.03.